The average Bonchev–Trinajstić information content (AvgIpc) is 3.12. The van der Waals surface area contributed by atoms with Gasteiger partial charge in [-0.1, -0.05) is 17.7 Å². The summed E-state index contributed by atoms with van der Waals surface area (Å²) in [7, 11) is 0. The minimum atomic E-state index is 0.0898. The normalized spacial score (nSPS) is 15.0. The molecule has 3 rings (SSSR count). The number of rotatable bonds is 8. The van der Waals surface area contributed by atoms with Crippen molar-refractivity contribution in [1.29, 1.82) is 0 Å². The Hall–Kier alpha value is -2.74. The van der Waals surface area contributed by atoms with Crippen molar-refractivity contribution in [2.24, 2.45) is 0 Å². The molecule has 8 heteroatoms. The molecule has 0 radical (unpaired) electrons. The van der Waals surface area contributed by atoms with Crippen LogP contribution in [0.25, 0.3) is 11.5 Å². The highest BCUT2D eigenvalue weighted by Gasteiger charge is 2.22. The maximum atomic E-state index is 12.7. The zero-order valence-electron chi connectivity index (χ0n) is 18.8. The summed E-state index contributed by atoms with van der Waals surface area (Å²) in [4.78, 5) is 31.0. The van der Waals surface area contributed by atoms with Crippen LogP contribution in [0.2, 0.25) is 0 Å². The van der Waals surface area contributed by atoms with Crippen molar-refractivity contribution >= 4 is 11.8 Å². The van der Waals surface area contributed by atoms with Gasteiger partial charge in [-0.15, -0.1) is 10.2 Å². The summed E-state index contributed by atoms with van der Waals surface area (Å²) < 4.78 is 5.73. The van der Waals surface area contributed by atoms with Crippen molar-refractivity contribution in [2.75, 3.05) is 45.8 Å². The largest absolute Gasteiger partial charge is 0.421 e. The first-order chi connectivity index (χ1) is 15.0. The maximum absolute atomic E-state index is 12.7. The maximum Gasteiger partial charge on any atom is 0.247 e. The van der Waals surface area contributed by atoms with E-state index < -0.39 is 0 Å². The standard InChI is InChI=1S/C23H33N5O3/c1-4-27(5-2)22(30)17-26-13-6-14-28(16-15-26)21(29)12-11-20-24-25-23(31-20)19-9-7-18(3)8-10-19/h7-10H,4-6,11-17H2,1-3H3. The predicted octanol–water partition coefficient (Wildman–Crippen LogP) is 2.38. The lowest BCUT2D eigenvalue weighted by molar-refractivity contribution is -0.132. The molecule has 2 aromatic rings. The number of carbonyl (C=O) groups is 2. The van der Waals surface area contributed by atoms with E-state index in [-0.39, 0.29) is 11.8 Å². The van der Waals surface area contributed by atoms with Gasteiger partial charge in [-0.2, -0.15) is 0 Å². The Balaban J connectivity index is 1.47. The monoisotopic (exact) mass is 427 g/mol. The average molecular weight is 428 g/mol. The van der Waals surface area contributed by atoms with Gasteiger partial charge < -0.3 is 14.2 Å². The third-order valence-electron chi connectivity index (χ3n) is 5.73. The van der Waals surface area contributed by atoms with E-state index in [1.165, 1.54) is 5.56 Å². The molecule has 1 aliphatic heterocycles. The van der Waals surface area contributed by atoms with Gasteiger partial charge in [-0.25, -0.2) is 0 Å². The molecule has 2 heterocycles. The first-order valence-corrected chi connectivity index (χ1v) is 11.2. The van der Waals surface area contributed by atoms with Gasteiger partial charge in [0.05, 0.1) is 6.54 Å². The molecular formula is C23H33N5O3. The quantitative estimate of drug-likeness (QED) is 0.643. The lowest BCUT2D eigenvalue weighted by atomic mass is 10.1. The molecule has 1 aromatic carbocycles. The molecule has 1 aromatic heterocycles. The number of hydrogen-bond acceptors (Lipinski definition) is 6. The summed E-state index contributed by atoms with van der Waals surface area (Å²) in [6.45, 7) is 10.8. The van der Waals surface area contributed by atoms with E-state index >= 15 is 0 Å². The van der Waals surface area contributed by atoms with Crippen LogP contribution in [0.1, 0.15) is 38.1 Å². The first-order valence-electron chi connectivity index (χ1n) is 11.2. The van der Waals surface area contributed by atoms with Gasteiger partial charge in [0.15, 0.2) is 0 Å². The Labute approximate surface area is 184 Å². The molecule has 0 bridgehead atoms. The smallest absolute Gasteiger partial charge is 0.247 e. The van der Waals surface area contributed by atoms with E-state index in [2.05, 4.69) is 15.1 Å². The number of aromatic nitrogens is 2. The minimum absolute atomic E-state index is 0.0898. The number of carbonyl (C=O) groups excluding carboxylic acids is 2. The van der Waals surface area contributed by atoms with Crippen molar-refractivity contribution in [3.8, 4) is 11.5 Å². The van der Waals surface area contributed by atoms with Gasteiger partial charge >= 0.3 is 0 Å². The number of likely N-dealkylation sites (N-methyl/N-ethyl adjacent to an activating group) is 1. The number of amides is 2. The van der Waals surface area contributed by atoms with Crippen LogP contribution in [-0.2, 0) is 16.0 Å². The third kappa shape index (κ3) is 6.37. The van der Waals surface area contributed by atoms with E-state index in [1.807, 2.05) is 54.8 Å². The molecule has 1 saturated heterocycles. The van der Waals surface area contributed by atoms with Crippen LogP contribution in [-0.4, -0.2) is 82.5 Å². The second kappa shape index (κ2) is 11.0. The summed E-state index contributed by atoms with van der Waals surface area (Å²) in [5, 5.41) is 8.19. The van der Waals surface area contributed by atoms with Crippen LogP contribution in [0.3, 0.4) is 0 Å². The number of aryl methyl sites for hydroxylation is 2. The van der Waals surface area contributed by atoms with E-state index in [1.54, 1.807) is 0 Å². The van der Waals surface area contributed by atoms with Gasteiger partial charge in [0, 0.05) is 57.7 Å². The highest BCUT2D eigenvalue weighted by molar-refractivity contribution is 5.78. The van der Waals surface area contributed by atoms with Crippen LogP contribution < -0.4 is 0 Å². The second-order valence-corrected chi connectivity index (χ2v) is 7.94. The van der Waals surface area contributed by atoms with Crippen LogP contribution in [0.15, 0.2) is 28.7 Å². The first kappa shape index (κ1) is 22.9. The van der Waals surface area contributed by atoms with Crippen LogP contribution in [0.5, 0.6) is 0 Å². The minimum Gasteiger partial charge on any atom is -0.421 e. The summed E-state index contributed by atoms with van der Waals surface area (Å²) >= 11 is 0. The van der Waals surface area contributed by atoms with Gasteiger partial charge in [-0.05, 0) is 39.3 Å². The fraction of sp³-hybridized carbons (Fsp3) is 0.565. The molecule has 1 fully saturated rings. The Kier molecular flexibility index (Phi) is 8.17. The topological polar surface area (TPSA) is 82.8 Å². The number of nitrogens with zero attached hydrogens (tertiary/aromatic N) is 5. The fourth-order valence-electron chi connectivity index (χ4n) is 3.79. The molecule has 0 saturated carbocycles. The lowest BCUT2D eigenvalue weighted by Crippen LogP contribution is -2.42. The fourth-order valence-corrected chi connectivity index (χ4v) is 3.79. The third-order valence-corrected chi connectivity index (χ3v) is 5.73. The molecule has 0 atom stereocenters. The molecular weight excluding hydrogens is 394 g/mol. The summed E-state index contributed by atoms with van der Waals surface area (Å²) in [5.74, 6) is 1.20. The molecule has 0 aliphatic carbocycles. The molecule has 1 aliphatic rings. The zero-order valence-corrected chi connectivity index (χ0v) is 18.8. The number of hydrogen-bond donors (Lipinski definition) is 0. The van der Waals surface area contributed by atoms with Crippen LogP contribution in [0, 0.1) is 6.92 Å². The van der Waals surface area contributed by atoms with E-state index in [9.17, 15) is 9.59 Å². The van der Waals surface area contributed by atoms with Crippen molar-refractivity contribution in [1.82, 2.24) is 24.9 Å². The van der Waals surface area contributed by atoms with Gasteiger partial charge in [0.1, 0.15) is 0 Å². The second-order valence-electron chi connectivity index (χ2n) is 7.94. The Morgan fingerprint density at radius 3 is 2.48 bits per heavy atom. The zero-order chi connectivity index (χ0) is 22.2. The molecule has 8 nitrogen and oxygen atoms in total. The molecule has 168 valence electrons. The van der Waals surface area contributed by atoms with E-state index in [4.69, 9.17) is 4.42 Å². The molecule has 2 amide bonds. The van der Waals surface area contributed by atoms with Crippen LogP contribution in [0.4, 0.5) is 0 Å². The van der Waals surface area contributed by atoms with E-state index in [0.29, 0.717) is 44.3 Å². The van der Waals surface area contributed by atoms with Crippen LogP contribution >= 0.6 is 0 Å². The molecule has 0 N–H and O–H groups in total. The summed E-state index contributed by atoms with van der Waals surface area (Å²) in [6.07, 6.45) is 1.64. The Morgan fingerprint density at radius 2 is 1.77 bits per heavy atom. The van der Waals surface area contributed by atoms with E-state index in [0.717, 1.165) is 38.2 Å². The van der Waals surface area contributed by atoms with Gasteiger partial charge in [0.2, 0.25) is 23.6 Å². The highest BCUT2D eigenvalue weighted by atomic mass is 16.4. The Bertz CT molecular complexity index is 860. The summed E-state index contributed by atoms with van der Waals surface area (Å²) in [5.41, 5.74) is 2.05. The summed E-state index contributed by atoms with van der Waals surface area (Å²) in [6, 6.07) is 7.90. The van der Waals surface area contributed by atoms with Crippen molar-refractivity contribution in [3.63, 3.8) is 0 Å². The molecule has 0 spiro atoms. The van der Waals surface area contributed by atoms with Gasteiger partial charge in [-0.3, -0.25) is 14.5 Å². The van der Waals surface area contributed by atoms with Gasteiger partial charge in [0.25, 0.3) is 0 Å². The van der Waals surface area contributed by atoms with Crippen molar-refractivity contribution in [2.45, 2.75) is 40.0 Å². The molecule has 31 heavy (non-hydrogen) atoms. The predicted molar refractivity (Wildman–Crippen MR) is 118 cm³/mol. The Morgan fingerprint density at radius 1 is 1.03 bits per heavy atom. The molecule has 0 unspecified atom stereocenters. The van der Waals surface area contributed by atoms with Crippen molar-refractivity contribution in [3.05, 3.63) is 35.7 Å². The SMILES string of the molecule is CCN(CC)C(=O)CN1CCCN(C(=O)CCc2nnc(-c3ccc(C)cc3)o2)CC1. The number of benzene rings is 1. The lowest BCUT2D eigenvalue weighted by Gasteiger charge is -2.25. The highest BCUT2D eigenvalue weighted by Crippen LogP contribution is 2.19. The van der Waals surface area contributed by atoms with Crippen molar-refractivity contribution < 1.29 is 14.0 Å².